The van der Waals surface area contributed by atoms with Crippen LogP contribution < -0.4 is 11.5 Å². The Hall–Kier alpha value is -4.28. The normalized spacial score (nSPS) is 9.47. The molecular weight excluding hydrogens is 468 g/mol. The van der Waals surface area contributed by atoms with E-state index < -0.39 is 0 Å². The Labute approximate surface area is 228 Å². The Kier molecular flexibility index (Phi) is 14.4. The number of fused-ring (bicyclic) bond motifs is 1. The third-order valence-electron chi connectivity index (χ3n) is 4.17. The van der Waals surface area contributed by atoms with Crippen molar-refractivity contribution in [3.8, 4) is 36.5 Å². The molecule has 38 heavy (non-hydrogen) atoms. The van der Waals surface area contributed by atoms with Gasteiger partial charge >= 0.3 is 0 Å². The minimum Gasteiger partial charge on any atom is -0.334 e. The molecule has 2 aromatic carbocycles. The summed E-state index contributed by atoms with van der Waals surface area (Å²) in [6, 6.07) is 12.2. The number of H-pyrrole nitrogens is 2. The summed E-state index contributed by atoms with van der Waals surface area (Å²) in [6.45, 7) is 13.7. The van der Waals surface area contributed by atoms with Crippen LogP contribution in [0.5, 0.6) is 0 Å². The van der Waals surface area contributed by atoms with Crippen molar-refractivity contribution >= 4 is 10.8 Å². The topological polar surface area (TPSA) is 109 Å². The van der Waals surface area contributed by atoms with E-state index in [9.17, 15) is 0 Å². The van der Waals surface area contributed by atoms with Gasteiger partial charge < -0.3 is 21.4 Å². The second-order valence-corrected chi connectivity index (χ2v) is 9.64. The van der Waals surface area contributed by atoms with Gasteiger partial charge in [-0.05, 0) is 58.7 Å². The van der Waals surface area contributed by atoms with Crippen LogP contribution >= 0.6 is 0 Å². The van der Waals surface area contributed by atoms with Crippen LogP contribution in [0.25, 0.3) is 10.8 Å². The number of nitrogens with two attached hydrogens (primary N) is 2. The lowest BCUT2D eigenvalue weighted by molar-refractivity contribution is 0.736. The van der Waals surface area contributed by atoms with Gasteiger partial charge in [-0.2, -0.15) is 0 Å². The van der Waals surface area contributed by atoms with Gasteiger partial charge in [-0.25, -0.2) is 9.97 Å². The average molecular weight is 509 g/mol. The number of nitrogens with zero attached hydrogens (tertiary/aromatic N) is 2. The summed E-state index contributed by atoms with van der Waals surface area (Å²) in [5.41, 5.74) is 14.5. The van der Waals surface area contributed by atoms with Crippen molar-refractivity contribution in [1.29, 1.82) is 0 Å². The van der Waals surface area contributed by atoms with Gasteiger partial charge in [0.2, 0.25) is 0 Å². The average Bonchev–Trinajstić information content (AvgIpc) is 3.56. The zero-order valence-electron chi connectivity index (χ0n) is 23.4. The lowest BCUT2D eigenvalue weighted by atomic mass is 10.0. The Balaban J connectivity index is 0.000000628. The number of hydrogen-bond donors (Lipinski definition) is 4. The quantitative estimate of drug-likeness (QED) is 0.265. The zero-order valence-corrected chi connectivity index (χ0v) is 23.4. The molecule has 4 rings (SSSR count). The minimum atomic E-state index is 0.372. The number of nitrogens with one attached hydrogen (secondary N) is 2. The van der Waals surface area contributed by atoms with Crippen molar-refractivity contribution in [2.24, 2.45) is 23.3 Å². The van der Waals surface area contributed by atoms with Gasteiger partial charge in [0.15, 0.2) is 0 Å². The molecule has 6 N–H and O–H groups in total. The number of imidazole rings is 2. The SMILES string of the molecule is C#C.CC(C)C.CC(C)C.NCc1ncc(C#Cc2ccc3cc(C#Cc4cnc(CN)[nH]4)ccc3c2)[nH]1. The van der Waals surface area contributed by atoms with E-state index in [-0.39, 0.29) is 0 Å². The number of rotatable bonds is 2. The first-order valence-electron chi connectivity index (χ1n) is 12.6. The molecule has 0 fully saturated rings. The molecule has 0 bridgehead atoms. The Morgan fingerprint density at radius 1 is 0.658 bits per heavy atom. The van der Waals surface area contributed by atoms with E-state index in [0.29, 0.717) is 13.1 Å². The van der Waals surface area contributed by atoms with Crippen molar-refractivity contribution in [1.82, 2.24) is 19.9 Å². The number of terminal acetylenes is 1. The maximum Gasteiger partial charge on any atom is 0.120 e. The lowest BCUT2D eigenvalue weighted by Crippen LogP contribution is -1.97. The smallest absolute Gasteiger partial charge is 0.120 e. The van der Waals surface area contributed by atoms with Crippen LogP contribution in [0.2, 0.25) is 0 Å². The van der Waals surface area contributed by atoms with Gasteiger partial charge in [0, 0.05) is 11.1 Å². The molecule has 2 heterocycles. The predicted molar refractivity (Wildman–Crippen MR) is 160 cm³/mol. The third kappa shape index (κ3) is 12.1. The van der Waals surface area contributed by atoms with E-state index in [4.69, 9.17) is 11.5 Å². The van der Waals surface area contributed by atoms with Crippen molar-refractivity contribution in [3.05, 3.63) is 83.0 Å². The Morgan fingerprint density at radius 3 is 1.29 bits per heavy atom. The monoisotopic (exact) mass is 508 g/mol. The van der Waals surface area contributed by atoms with E-state index >= 15 is 0 Å². The Morgan fingerprint density at radius 2 is 1.00 bits per heavy atom. The molecule has 0 saturated carbocycles. The molecule has 0 aliphatic heterocycles. The molecule has 198 valence electrons. The molecule has 0 aliphatic rings. The highest BCUT2D eigenvalue weighted by Crippen LogP contribution is 2.17. The van der Waals surface area contributed by atoms with Gasteiger partial charge in [0.1, 0.15) is 23.0 Å². The molecule has 2 aromatic heterocycles. The summed E-state index contributed by atoms with van der Waals surface area (Å²) >= 11 is 0. The second kappa shape index (κ2) is 17.2. The molecule has 0 spiro atoms. The number of benzene rings is 2. The van der Waals surface area contributed by atoms with Crippen LogP contribution in [-0.2, 0) is 13.1 Å². The van der Waals surface area contributed by atoms with Crippen molar-refractivity contribution < 1.29 is 0 Å². The second-order valence-electron chi connectivity index (χ2n) is 9.64. The summed E-state index contributed by atoms with van der Waals surface area (Å²) in [4.78, 5) is 14.4. The first kappa shape index (κ1) is 31.7. The van der Waals surface area contributed by atoms with E-state index in [1.165, 1.54) is 0 Å². The van der Waals surface area contributed by atoms with E-state index in [0.717, 1.165) is 56.8 Å². The molecule has 0 amide bonds. The highest BCUT2D eigenvalue weighted by Gasteiger charge is 1.99. The van der Waals surface area contributed by atoms with E-state index in [1.807, 2.05) is 24.3 Å². The molecule has 4 aromatic rings. The van der Waals surface area contributed by atoms with Crippen LogP contribution in [0.1, 0.15) is 75.7 Å². The first-order chi connectivity index (χ1) is 18.2. The molecular formula is C32H40N6. The summed E-state index contributed by atoms with van der Waals surface area (Å²) in [7, 11) is 0. The first-order valence-corrected chi connectivity index (χ1v) is 12.6. The fourth-order valence-corrected chi connectivity index (χ4v) is 2.74. The highest BCUT2D eigenvalue weighted by molar-refractivity contribution is 5.85. The minimum absolute atomic E-state index is 0.372. The standard InChI is InChI=1S/C22H18N6.2C4H10.C2H2/c23-11-21-25-13-19(27-21)7-3-15-1-5-17-10-16(2-6-18(17)9-15)4-8-20-14-26-22(12-24)28-20;2*1-4(2)3;1-2/h1-2,5-6,9-10,13-14H,11-12,23-24H2,(H,25,27)(H,26,28);2*4H,1-3H3;1-2H. The van der Waals surface area contributed by atoms with Gasteiger partial charge in [0.05, 0.1) is 25.5 Å². The van der Waals surface area contributed by atoms with Crippen LogP contribution in [-0.4, -0.2) is 19.9 Å². The lowest BCUT2D eigenvalue weighted by Gasteiger charge is -1.99. The molecule has 0 aliphatic carbocycles. The van der Waals surface area contributed by atoms with Crippen LogP contribution in [0.15, 0.2) is 48.8 Å². The molecule has 6 heteroatoms. The summed E-state index contributed by atoms with van der Waals surface area (Å²) in [5.74, 6) is 15.6. The van der Waals surface area contributed by atoms with Gasteiger partial charge in [-0.15, -0.1) is 12.8 Å². The van der Waals surface area contributed by atoms with Gasteiger partial charge in [-0.1, -0.05) is 65.5 Å². The summed E-state index contributed by atoms with van der Waals surface area (Å²) in [6.07, 6.45) is 11.4. The van der Waals surface area contributed by atoms with Gasteiger partial charge in [-0.3, -0.25) is 0 Å². The molecule has 0 radical (unpaired) electrons. The maximum absolute atomic E-state index is 5.55. The van der Waals surface area contributed by atoms with E-state index in [1.54, 1.807) is 12.4 Å². The van der Waals surface area contributed by atoms with Crippen molar-refractivity contribution in [2.45, 2.75) is 54.6 Å². The third-order valence-corrected chi connectivity index (χ3v) is 4.17. The van der Waals surface area contributed by atoms with Crippen LogP contribution in [0.4, 0.5) is 0 Å². The molecule has 0 unspecified atom stereocenters. The van der Waals surface area contributed by atoms with Crippen molar-refractivity contribution in [2.75, 3.05) is 0 Å². The number of hydrogen-bond acceptors (Lipinski definition) is 4. The molecule has 0 saturated heterocycles. The predicted octanol–water partition coefficient (Wildman–Crippen LogP) is 5.58. The highest BCUT2D eigenvalue weighted by atomic mass is 14.9. The summed E-state index contributed by atoms with van der Waals surface area (Å²) < 4.78 is 0. The Bertz CT molecular complexity index is 1290. The number of aromatic amines is 2. The van der Waals surface area contributed by atoms with Gasteiger partial charge in [0.25, 0.3) is 0 Å². The van der Waals surface area contributed by atoms with Crippen LogP contribution in [0.3, 0.4) is 0 Å². The maximum atomic E-state index is 5.55. The fraction of sp³-hybridized carbons (Fsp3) is 0.312. The molecule has 0 atom stereocenters. The fourth-order valence-electron chi connectivity index (χ4n) is 2.74. The zero-order chi connectivity index (χ0) is 28.5. The molecule has 6 nitrogen and oxygen atoms in total. The van der Waals surface area contributed by atoms with Crippen molar-refractivity contribution in [3.63, 3.8) is 0 Å². The summed E-state index contributed by atoms with van der Waals surface area (Å²) in [5, 5.41) is 2.22. The number of aromatic nitrogens is 4. The van der Waals surface area contributed by atoms with Crippen LogP contribution in [0, 0.1) is 48.4 Å². The van der Waals surface area contributed by atoms with E-state index in [2.05, 4.69) is 110 Å². The largest absolute Gasteiger partial charge is 0.334 e.